The molecule has 0 atom stereocenters. The third kappa shape index (κ3) is 3.69. The molecule has 0 radical (unpaired) electrons. The van der Waals surface area contributed by atoms with Gasteiger partial charge in [0.1, 0.15) is 0 Å². The molecule has 1 aromatic rings. The molecule has 0 unspecified atom stereocenters. The molecule has 17 heavy (non-hydrogen) atoms. The van der Waals surface area contributed by atoms with Gasteiger partial charge in [0.15, 0.2) is 5.82 Å². The lowest BCUT2D eigenvalue weighted by molar-refractivity contribution is -0.125. The van der Waals surface area contributed by atoms with E-state index < -0.39 is 12.7 Å². The molecule has 1 aliphatic rings. The molecule has 0 saturated heterocycles. The van der Waals surface area contributed by atoms with E-state index in [-0.39, 0.29) is 12.4 Å². The highest BCUT2D eigenvalue weighted by Crippen LogP contribution is 2.32. The van der Waals surface area contributed by atoms with Crippen molar-refractivity contribution in [2.75, 3.05) is 6.54 Å². The molecule has 1 aliphatic carbocycles. The van der Waals surface area contributed by atoms with Crippen LogP contribution in [0.2, 0.25) is 0 Å². The summed E-state index contributed by atoms with van der Waals surface area (Å²) in [6, 6.07) is 0. The van der Waals surface area contributed by atoms with E-state index in [9.17, 15) is 13.2 Å². The van der Waals surface area contributed by atoms with E-state index in [1.54, 1.807) is 0 Å². The molecule has 1 saturated carbocycles. The summed E-state index contributed by atoms with van der Waals surface area (Å²) in [6.45, 7) is -1.09. The van der Waals surface area contributed by atoms with Gasteiger partial charge in [-0.15, -0.1) is 0 Å². The highest BCUT2D eigenvalue weighted by molar-refractivity contribution is 4.97. The van der Waals surface area contributed by atoms with Gasteiger partial charge in [0, 0.05) is 5.92 Å². The Morgan fingerprint density at radius 3 is 2.65 bits per heavy atom. The van der Waals surface area contributed by atoms with Gasteiger partial charge >= 0.3 is 6.18 Å². The van der Waals surface area contributed by atoms with E-state index in [1.165, 1.54) is 0 Å². The van der Waals surface area contributed by atoms with Crippen LogP contribution in [0.25, 0.3) is 0 Å². The van der Waals surface area contributed by atoms with Crippen molar-refractivity contribution in [2.45, 2.75) is 44.3 Å². The SMILES string of the molecule is FC(F)(F)CNCc1nc(C2CCCC2)no1. The van der Waals surface area contributed by atoms with Crippen molar-refractivity contribution in [3.63, 3.8) is 0 Å². The summed E-state index contributed by atoms with van der Waals surface area (Å²) in [7, 11) is 0. The molecular weight excluding hydrogens is 235 g/mol. The second kappa shape index (κ2) is 5.03. The molecule has 4 nitrogen and oxygen atoms in total. The fourth-order valence-electron chi connectivity index (χ4n) is 2.00. The van der Waals surface area contributed by atoms with Crippen molar-refractivity contribution in [3.05, 3.63) is 11.7 Å². The highest BCUT2D eigenvalue weighted by atomic mass is 19.4. The molecule has 1 aromatic heterocycles. The van der Waals surface area contributed by atoms with Gasteiger partial charge in [-0.2, -0.15) is 18.2 Å². The zero-order valence-corrected chi connectivity index (χ0v) is 9.26. The molecule has 0 aromatic carbocycles. The average Bonchev–Trinajstić information content (AvgIpc) is 2.83. The van der Waals surface area contributed by atoms with Crippen LogP contribution in [0.15, 0.2) is 4.52 Å². The monoisotopic (exact) mass is 249 g/mol. The smallest absolute Gasteiger partial charge is 0.338 e. The van der Waals surface area contributed by atoms with Crippen molar-refractivity contribution in [3.8, 4) is 0 Å². The third-order valence-corrected chi connectivity index (χ3v) is 2.81. The minimum atomic E-state index is -4.21. The summed E-state index contributed by atoms with van der Waals surface area (Å²) in [4.78, 5) is 4.10. The zero-order valence-electron chi connectivity index (χ0n) is 9.26. The fraction of sp³-hybridized carbons (Fsp3) is 0.800. The Kier molecular flexibility index (Phi) is 3.66. The molecule has 0 amide bonds. The number of hydrogen-bond acceptors (Lipinski definition) is 4. The van der Waals surface area contributed by atoms with Gasteiger partial charge in [0.05, 0.1) is 13.1 Å². The Morgan fingerprint density at radius 2 is 2.00 bits per heavy atom. The lowest BCUT2D eigenvalue weighted by Gasteiger charge is -2.05. The second-order valence-corrected chi connectivity index (χ2v) is 4.25. The van der Waals surface area contributed by atoms with E-state index in [4.69, 9.17) is 4.52 Å². The molecule has 1 fully saturated rings. The summed E-state index contributed by atoms with van der Waals surface area (Å²) in [6.07, 6.45) is 0.167. The minimum absolute atomic E-state index is 0.0424. The quantitative estimate of drug-likeness (QED) is 0.890. The molecule has 1 heterocycles. The summed E-state index contributed by atoms with van der Waals surface area (Å²) >= 11 is 0. The van der Waals surface area contributed by atoms with Crippen LogP contribution in [0.4, 0.5) is 13.2 Å². The Hall–Kier alpha value is -1.11. The van der Waals surface area contributed by atoms with E-state index in [2.05, 4.69) is 15.5 Å². The summed E-state index contributed by atoms with van der Waals surface area (Å²) < 4.78 is 40.5. The van der Waals surface area contributed by atoms with Crippen LogP contribution in [-0.2, 0) is 6.54 Å². The molecule has 2 rings (SSSR count). The number of halogens is 3. The highest BCUT2D eigenvalue weighted by Gasteiger charge is 2.27. The number of nitrogens with zero attached hydrogens (tertiary/aromatic N) is 2. The van der Waals surface area contributed by atoms with Crippen LogP contribution < -0.4 is 5.32 Å². The Bertz CT molecular complexity index is 358. The molecule has 1 N–H and O–H groups in total. The minimum Gasteiger partial charge on any atom is -0.338 e. The number of aromatic nitrogens is 2. The fourth-order valence-corrected chi connectivity index (χ4v) is 2.00. The van der Waals surface area contributed by atoms with Crippen LogP contribution in [0.1, 0.15) is 43.3 Å². The topological polar surface area (TPSA) is 51.0 Å². The maximum absolute atomic E-state index is 11.9. The summed E-state index contributed by atoms with van der Waals surface area (Å²) in [5, 5.41) is 6.03. The first kappa shape index (κ1) is 12.3. The standard InChI is InChI=1S/C10H14F3N3O/c11-10(12,13)6-14-5-8-15-9(16-17-8)7-3-1-2-4-7/h7,14H,1-6H2. The third-order valence-electron chi connectivity index (χ3n) is 2.81. The Balaban J connectivity index is 1.81. The molecule has 0 bridgehead atoms. The van der Waals surface area contributed by atoms with Gasteiger partial charge in [-0.25, -0.2) is 0 Å². The maximum atomic E-state index is 11.9. The molecule has 7 heteroatoms. The number of alkyl halides is 3. The number of hydrogen-bond donors (Lipinski definition) is 1. The first-order valence-electron chi connectivity index (χ1n) is 5.64. The summed E-state index contributed by atoms with van der Waals surface area (Å²) in [5.41, 5.74) is 0. The zero-order chi connectivity index (χ0) is 12.3. The molecular formula is C10H14F3N3O. The average molecular weight is 249 g/mol. The van der Waals surface area contributed by atoms with Crippen molar-refractivity contribution in [2.24, 2.45) is 0 Å². The van der Waals surface area contributed by atoms with Crippen molar-refractivity contribution < 1.29 is 17.7 Å². The van der Waals surface area contributed by atoms with E-state index in [1.807, 2.05) is 0 Å². The Labute approximate surface area is 96.6 Å². The van der Waals surface area contributed by atoms with E-state index in [0.29, 0.717) is 11.7 Å². The van der Waals surface area contributed by atoms with Gasteiger partial charge in [-0.1, -0.05) is 18.0 Å². The first-order chi connectivity index (χ1) is 8.04. The maximum Gasteiger partial charge on any atom is 0.401 e. The number of rotatable bonds is 4. The van der Waals surface area contributed by atoms with Gasteiger partial charge in [0.2, 0.25) is 5.89 Å². The van der Waals surface area contributed by atoms with Gasteiger partial charge in [-0.3, -0.25) is 0 Å². The van der Waals surface area contributed by atoms with Crippen LogP contribution in [0.3, 0.4) is 0 Å². The molecule has 0 spiro atoms. The van der Waals surface area contributed by atoms with E-state index in [0.717, 1.165) is 25.7 Å². The normalized spacial score (nSPS) is 17.8. The van der Waals surface area contributed by atoms with Crippen LogP contribution >= 0.6 is 0 Å². The molecule has 96 valence electrons. The lowest BCUT2D eigenvalue weighted by Crippen LogP contribution is -2.28. The predicted octanol–water partition coefficient (Wildman–Crippen LogP) is 2.38. The van der Waals surface area contributed by atoms with Crippen LogP contribution in [-0.4, -0.2) is 22.9 Å². The van der Waals surface area contributed by atoms with Gasteiger partial charge in [0.25, 0.3) is 0 Å². The largest absolute Gasteiger partial charge is 0.401 e. The number of nitrogens with one attached hydrogen (secondary N) is 1. The Morgan fingerprint density at radius 1 is 1.29 bits per heavy atom. The van der Waals surface area contributed by atoms with Gasteiger partial charge < -0.3 is 9.84 Å². The van der Waals surface area contributed by atoms with Crippen LogP contribution in [0, 0.1) is 0 Å². The van der Waals surface area contributed by atoms with Gasteiger partial charge in [-0.05, 0) is 12.8 Å². The van der Waals surface area contributed by atoms with Crippen molar-refractivity contribution in [1.29, 1.82) is 0 Å². The van der Waals surface area contributed by atoms with Crippen molar-refractivity contribution >= 4 is 0 Å². The van der Waals surface area contributed by atoms with Crippen molar-refractivity contribution in [1.82, 2.24) is 15.5 Å². The predicted molar refractivity (Wildman–Crippen MR) is 53.3 cm³/mol. The first-order valence-corrected chi connectivity index (χ1v) is 5.64. The summed E-state index contributed by atoms with van der Waals surface area (Å²) in [5.74, 6) is 1.16. The van der Waals surface area contributed by atoms with E-state index >= 15 is 0 Å². The van der Waals surface area contributed by atoms with Crippen LogP contribution in [0.5, 0.6) is 0 Å². The lowest BCUT2D eigenvalue weighted by atomic mass is 10.1. The second-order valence-electron chi connectivity index (χ2n) is 4.25. The molecule has 0 aliphatic heterocycles.